The lowest BCUT2D eigenvalue weighted by atomic mass is 10.1. The van der Waals surface area contributed by atoms with E-state index in [4.69, 9.17) is 16.0 Å². The predicted molar refractivity (Wildman–Crippen MR) is 88.3 cm³/mol. The molecule has 0 unspecified atom stereocenters. The van der Waals surface area contributed by atoms with E-state index in [0.29, 0.717) is 26.2 Å². The maximum atomic E-state index is 12.2. The van der Waals surface area contributed by atoms with Gasteiger partial charge in [-0.3, -0.25) is 4.79 Å². The largest absolute Gasteiger partial charge is 0.456 e. The molecule has 3 rings (SSSR count). The first-order valence-electron chi connectivity index (χ1n) is 5.73. The zero-order chi connectivity index (χ0) is 14.3. The van der Waals surface area contributed by atoms with Crippen molar-refractivity contribution < 1.29 is 4.42 Å². The third-order valence-electron chi connectivity index (χ3n) is 2.88. The van der Waals surface area contributed by atoms with Gasteiger partial charge in [0.05, 0.1) is 5.39 Å². The first-order valence-corrected chi connectivity index (χ1v) is 7.70. The number of hydrogen-bond donors (Lipinski definition) is 0. The van der Waals surface area contributed by atoms with Gasteiger partial charge in [0.2, 0.25) is 0 Å². The highest BCUT2D eigenvalue weighted by atomic mass is 79.9. The molecule has 0 amide bonds. The quantitative estimate of drug-likeness (QED) is 0.516. The summed E-state index contributed by atoms with van der Waals surface area (Å²) in [6.07, 6.45) is 0. The van der Waals surface area contributed by atoms with Gasteiger partial charge < -0.3 is 4.42 Å². The van der Waals surface area contributed by atoms with E-state index in [1.807, 2.05) is 18.2 Å². The van der Waals surface area contributed by atoms with Crippen LogP contribution in [0.1, 0.15) is 0 Å². The summed E-state index contributed by atoms with van der Waals surface area (Å²) in [5.41, 5.74) is 1.25. The molecule has 1 aromatic heterocycles. The maximum absolute atomic E-state index is 12.2. The molecular weight excluding hydrogens is 407 g/mol. The molecule has 3 aromatic rings. The Kier molecular flexibility index (Phi) is 3.71. The molecule has 0 N–H and O–H groups in total. The monoisotopic (exact) mass is 412 g/mol. The molecule has 0 saturated carbocycles. The summed E-state index contributed by atoms with van der Waals surface area (Å²) in [5.74, 6) is 0.518. The van der Waals surface area contributed by atoms with Gasteiger partial charge in [-0.1, -0.05) is 27.5 Å². The standard InChI is InChI=1S/C15H7Br2ClO2/c16-9-5-11(17)15-12(19)7-13(20-14(15)6-9)8-1-3-10(18)4-2-8/h1-7H. The molecule has 0 aliphatic carbocycles. The second-order valence-corrected chi connectivity index (χ2v) is 6.45. The lowest BCUT2D eigenvalue weighted by molar-refractivity contribution is 0.618. The molecule has 2 aromatic carbocycles. The highest BCUT2D eigenvalue weighted by Crippen LogP contribution is 2.29. The summed E-state index contributed by atoms with van der Waals surface area (Å²) in [7, 11) is 0. The van der Waals surface area contributed by atoms with Crippen LogP contribution in [0.2, 0.25) is 5.02 Å². The second-order valence-electron chi connectivity index (χ2n) is 4.24. The Hall–Kier alpha value is -1.10. The van der Waals surface area contributed by atoms with E-state index in [-0.39, 0.29) is 5.43 Å². The van der Waals surface area contributed by atoms with Gasteiger partial charge >= 0.3 is 0 Å². The van der Waals surface area contributed by atoms with E-state index >= 15 is 0 Å². The highest BCUT2D eigenvalue weighted by Gasteiger charge is 2.10. The van der Waals surface area contributed by atoms with Crippen molar-refractivity contribution in [2.24, 2.45) is 0 Å². The molecule has 1 heterocycles. The Bertz CT molecular complexity index is 854. The first kappa shape index (κ1) is 13.9. The molecule has 0 spiro atoms. The van der Waals surface area contributed by atoms with E-state index in [1.54, 1.807) is 18.2 Å². The molecule has 0 fully saturated rings. The lowest BCUT2D eigenvalue weighted by Gasteiger charge is -2.05. The fourth-order valence-corrected chi connectivity index (χ4v) is 3.47. The van der Waals surface area contributed by atoms with Gasteiger partial charge in [0.25, 0.3) is 0 Å². The van der Waals surface area contributed by atoms with Crippen LogP contribution >= 0.6 is 43.5 Å². The van der Waals surface area contributed by atoms with Gasteiger partial charge in [0.1, 0.15) is 11.3 Å². The third-order valence-corrected chi connectivity index (χ3v) is 4.21. The smallest absolute Gasteiger partial charge is 0.194 e. The zero-order valence-corrected chi connectivity index (χ0v) is 13.9. The van der Waals surface area contributed by atoms with Crippen molar-refractivity contribution in [3.63, 3.8) is 0 Å². The van der Waals surface area contributed by atoms with Crippen LogP contribution in [0.25, 0.3) is 22.3 Å². The van der Waals surface area contributed by atoms with Crippen molar-refractivity contribution in [3.8, 4) is 11.3 Å². The van der Waals surface area contributed by atoms with Crippen molar-refractivity contribution in [1.29, 1.82) is 0 Å². The van der Waals surface area contributed by atoms with Gasteiger partial charge in [-0.05, 0) is 52.3 Å². The average molecular weight is 414 g/mol. The minimum atomic E-state index is -0.0874. The van der Waals surface area contributed by atoms with Crippen molar-refractivity contribution >= 4 is 54.4 Å². The number of halogens is 3. The van der Waals surface area contributed by atoms with Crippen LogP contribution in [-0.4, -0.2) is 0 Å². The fourth-order valence-electron chi connectivity index (χ4n) is 1.97. The van der Waals surface area contributed by atoms with E-state index in [2.05, 4.69) is 31.9 Å². The third kappa shape index (κ3) is 2.55. The molecule has 0 aliphatic rings. The Morgan fingerprint density at radius 1 is 1.00 bits per heavy atom. The molecule has 100 valence electrons. The van der Waals surface area contributed by atoms with Crippen LogP contribution in [0.4, 0.5) is 0 Å². The van der Waals surface area contributed by atoms with Gasteiger partial charge in [-0.25, -0.2) is 0 Å². The van der Waals surface area contributed by atoms with Crippen LogP contribution in [0.15, 0.2) is 60.6 Å². The number of hydrogen-bond acceptors (Lipinski definition) is 2. The topological polar surface area (TPSA) is 30.2 Å². The maximum Gasteiger partial charge on any atom is 0.194 e. The van der Waals surface area contributed by atoms with Crippen LogP contribution in [0.5, 0.6) is 0 Å². The summed E-state index contributed by atoms with van der Waals surface area (Å²) in [4.78, 5) is 12.2. The Balaban J connectivity index is 2.29. The summed E-state index contributed by atoms with van der Waals surface area (Å²) < 4.78 is 7.37. The summed E-state index contributed by atoms with van der Waals surface area (Å²) in [6.45, 7) is 0. The second kappa shape index (κ2) is 5.35. The SMILES string of the molecule is O=c1cc(-c2ccc(Cl)cc2)oc2cc(Br)cc(Br)c12. The van der Waals surface area contributed by atoms with Gasteiger partial charge in [0.15, 0.2) is 5.43 Å². The molecule has 0 aliphatic heterocycles. The molecule has 0 bridgehead atoms. The first-order chi connectivity index (χ1) is 9.54. The van der Waals surface area contributed by atoms with Crippen LogP contribution in [-0.2, 0) is 0 Å². The van der Waals surface area contributed by atoms with Crippen LogP contribution < -0.4 is 5.43 Å². The Morgan fingerprint density at radius 3 is 2.40 bits per heavy atom. The van der Waals surface area contributed by atoms with Crippen molar-refractivity contribution in [2.45, 2.75) is 0 Å². The van der Waals surface area contributed by atoms with Crippen molar-refractivity contribution in [3.05, 3.63) is 66.7 Å². The molecular formula is C15H7Br2ClO2. The van der Waals surface area contributed by atoms with E-state index < -0.39 is 0 Å². The zero-order valence-electron chi connectivity index (χ0n) is 9.99. The summed E-state index contributed by atoms with van der Waals surface area (Å²) in [6, 6.07) is 12.3. The number of fused-ring (bicyclic) bond motifs is 1. The van der Waals surface area contributed by atoms with E-state index in [0.717, 1.165) is 10.0 Å². The summed E-state index contributed by atoms with van der Waals surface area (Å²) in [5, 5.41) is 1.17. The molecule has 5 heteroatoms. The summed E-state index contributed by atoms with van der Waals surface area (Å²) >= 11 is 12.6. The van der Waals surface area contributed by atoms with Gasteiger partial charge in [-0.2, -0.15) is 0 Å². The fraction of sp³-hybridized carbons (Fsp3) is 0. The van der Waals surface area contributed by atoms with Gasteiger partial charge in [0, 0.05) is 25.6 Å². The molecule has 0 radical (unpaired) electrons. The normalized spacial score (nSPS) is 10.9. The Morgan fingerprint density at radius 2 is 1.70 bits per heavy atom. The van der Waals surface area contributed by atoms with Crippen LogP contribution in [0, 0.1) is 0 Å². The number of rotatable bonds is 1. The molecule has 2 nitrogen and oxygen atoms in total. The van der Waals surface area contributed by atoms with Crippen LogP contribution in [0.3, 0.4) is 0 Å². The Labute approximate surface area is 136 Å². The minimum absolute atomic E-state index is 0.0874. The lowest BCUT2D eigenvalue weighted by Crippen LogP contribution is -2.01. The van der Waals surface area contributed by atoms with E-state index in [1.165, 1.54) is 6.07 Å². The minimum Gasteiger partial charge on any atom is -0.456 e. The predicted octanol–water partition coefficient (Wildman–Crippen LogP) is 5.64. The molecule has 20 heavy (non-hydrogen) atoms. The van der Waals surface area contributed by atoms with Gasteiger partial charge in [-0.15, -0.1) is 0 Å². The molecule has 0 saturated heterocycles. The van der Waals surface area contributed by atoms with E-state index in [9.17, 15) is 4.79 Å². The van der Waals surface area contributed by atoms with Crippen molar-refractivity contribution in [2.75, 3.05) is 0 Å². The van der Waals surface area contributed by atoms with Crippen molar-refractivity contribution in [1.82, 2.24) is 0 Å². The number of benzene rings is 2. The molecule has 0 atom stereocenters. The highest BCUT2D eigenvalue weighted by molar-refractivity contribution is 9.11. The average Bonchev–Trinajstić information content (AvgIpc) is 2.38.